The Kier molecular flexibility index (Phi) is 6.57. The minimum atomic E-state index is -0.344. The Hall–Kier alpha value is -3.97. The van der Waals surface area contributed by atoms with Crippen LogP contribution in [0.25, 0.3) is 5.69 Å². The fourth-order valence-corrected chi connectivity index (χ4v) is 5.35. The molecule has 2 aromatic heterocycles. The number of nitrogens with one attached hydrogen (secondary N) is 1. The topological polar surface area (TPSA) is 59.4 Å². The molecule has 36 heavy (non-hydrogen) atoms. The van der Waals surface area contributed by atoms with Crippen LogP contribution >= 0.6 is 12.2 Å². The molecule has 182 valence electrons. The minimum Gasteiger partial charge on any atom is -0.465 e. The lowest BCUT2D eigenvalue weighted by Crippen LogP contribution is -2.29. The lowest BCUT2D eigenvalue weighted by Gasteiger charge is -2.28. The second kappa shape index (κ2) is 9.95. The van der Waals surface area contributed by atoms with E-state index in [4.69, 9.17) is 17.0 Å². The monoisotopic (exact) mass is 496 g/mol. The number of benzene rings is 2. The number of nitrogens with zero attached hydrogens (tertiary/aromatic N) is 3. The number of carbonyl (C=O) groups is 1. The Morgan fingerprint density at radius 1 is 1.03 bits per heavy atom. The summed E-state index contributed by atoms with van der Waals surface area (Å²) in [5, 5.41) is 4.26. The summed E-state index contributed by atoms with van der Waals surface area (Å²) in [7, 11) is 1.39. The van der Waals surface area contributed by atoms with Crippen LogP contribution in [0.4, 0.5) is 0 Å². The molecule has 4 aromatic rings. The highest BCUT2D eigenvalue weighted by Gasteiger charge is 2.41. The molecule has 2 aromatic carbocycles. The van der Waals surface area contributed by atoms with Gasteiger partial charge in [0.25, 0.3) is 0 Å². The quantitative estimate of drug-likeness (QED) is 0.283. The Bertz CT molecular complexity index is 1380. The summed E-state index contributed by atoms with van der Waals surface area (Å²) < 4.78 is 7.07. The van der Waals surface area contributed by atoms with Crippen molar-refractivity contribution in [3.63, 3.8) is 0 Å². The Labute approximate surface area is 216 Å². The molecule has 0 radical (unpaired) electrons. The molecule has 0 bridgehead atoms. The smallest absolute Gasteiger partial charge is 0.337 e. The Morgan fingerprint density at radius 3 is 2.42 bits per heavy atom. The van der Waals surface area contributed by atoms with Crippen molar-refractivity contribution >= 4 is 23.3 Å². The van der Waals surface area contributed by atoms with E-state index >= 15 is 0 Å². The number of hydrogen-bond acceptors (Lipinski definition) is 4. The summed E-state index contributed by atoms with van der Waals surface area (Å²) in [5.74, 6) is -0.344. The first-order valence-electron chi connectivity index (χ1n) is 11.9. The van der Waals surface area contributed by atoms with E-state index in [1.54, 1.807) is 12.1 Å². The molecule has 0 spiro atoms. The summed E-state index contributed by atoms with van der Waals surface area (Å²) in [4.78, 5) is 18.8. The summed E-state index contributed by atoms with van der Waals surface area (Å²) in [6.07, 6.45) is 1.82. The van der Waals surface area contributed by atoms with E-state index in [0.717, 1.165) is 22.8 Å². The van der Waals surface area contributed by atoms with Crippen molar-refractivity contribution in [1.82, 2.24) is 19.8 Å². The van der Waals surface area contributed by atoms with Crippen molar-refractivity contribution in [3.05, 3.63) is 119 Å². The molecule has 0 aliphatic carbocycles. The fourth-order valence-electron chi connectivity index (χ4n) is 5.04. The van der Waals surface area contributed by atoms with Crippen LogP contribution in [0, 0.1) is 13.8 Å². The van der Waals surface area contributed by atoms with E-state index in [-0.39, 0.29) is 18.1 Å². The lowest BCUT2D eigenvalue weighted by molar-refractivity contribution is 0.0600. The number of rotatable bonds is 6. The predicted octanol–water partition coefficient (Wildman–Crippen LogP) is 5.45. The van der Waals surface area contributed by atoms with Gasteiger partial charge < -0.3 is 19.5 Å². The first kappa shape index (κ1) is 23.8. The maximum atomic E-state index is 11.9. The van der Waals surface area contributed by atoms with Gasteiger partial charge in [0, 0.05) is 29.8 Å². The molecule has 1 N–H and O–H groups in total. The van der Waals surface area contributed by atoms with E-state index in [2.05, 4.69) is 63.9 Å². The first-order valence-corrected chi connectivity index (χ1v) is 12.3. The largest absolute Gasteiger partial charge is 0.465 e. The molecule has 2 atom stereocenters. The molecule has 7 heteroatoms. The second-order valence-electron chi connectivity index (χ2n) is 8.94. The molecule has 3 heterocycles. The number of aromatic nitrogens is 2. The summed E-state index contributed by atoms with van der Waals surface area (Å²) in [5.41, 5.74) is 7.07. The molecule has 0 saturated carbocycles. The number of hydrogen-bond donors (Lipinski definition) is 1. The third-order valence-corrected chi connectivity index (χ3v) is 7.08. The summed E-state index contributed by atoms with van der Waals surface area (Å²) in [6, 6.07) is 26.0. The summed E-state index contributed by atoms with van der Waals surface area (Å²) in [6.45, 7) is 4.93. The third-order valence-electron chi connectivity index (χ3n) is 6.73. The SMILES string of the molecule is COC(=O)c1ccc(-n2c(C)cc([C@H]3[C@H](c4ccccn4)NC(=S)N3Cc3ccccc3)c2C)cc1. The molecule has 6 nitrogen and oxygen atoms in total. The highest BCUT2D eigenvalue weighted by Crippen LogP contribution is 2.42. The van der Waals surface area contributed by atoms with Gasteiger partial charge in [-0.05, 0) is 79.7 Å². The van der Waals surface area contributed by atoms with E-state index in [1.165, 1.54) is 18.2 Å². The van der Waals surface area contributed by atoms with Crippen molar-refractivity contribution < 1.29 is 9.53 Å². The Morgan fingerprint density at radius 2 is 1.75 bits per heavy atom. The van der Waals surface area contributed by atoms with Crippen molar-refractivity contribution in [2.75, 3.05) is 7.11 Å². The number of pyridine rings is 1. The van der Waals surface area contributed by atoms with Gasteiger partial charge in [0.2, 0.25) is 0 Å². The van der Waals surface area contributed by atoms with Crippen LogP contribution in [-0.4, -0.2) is 32.6 Å². The van der Waals surface area contributed by atoms with Gasteiger partial charge in [0.1, 0.15) is 0 Å². The Balaban J connectivity index is 1.58. The van der Waals surface area contributed by atoms with E-state index < -0.39 is 0 Å². The third kappa shape index (κ3) is 4.38. The van der Waals surface area contributed by atoms with Crippen LogP contribution < -0.4 is 5.32 Å². The molecule has 0 amide bonds. The summed E-state index contributed by atoms with van der Waals surface area (Å²) >= 11 is 5.86. The van der Waals surface area contributed by atoms with E-state index in [0.29, 0.717) is 17.2 Å². The molecular formula is C29H28N4O2S. The van der Waals surface area contributed by atoms with Crippen LogP contribution in [0.2, 0.25) is 0 Å². The van der Waals surface area contributed by atoms with E-state index in [1.807, 2.05) is 42.6 Å². The zero-order valence-electron chi connectivity index (χ0n) is 20.5. The molecule has 1 aliphatic heterocycles. The van der Waals surface area contributed by atoms with Gasteiger partial charge in [0.05, 0.1) is 30.5 Å². The molecule has 1 fully saturated rings. The number of esters is 1. The van der Waals surface area contributed by atoms with Crippen LogP contribution in [-0.2, 0) is 11.3 Å². The molecule has 0 unspecified atom stereocenters. The molecule has 1 saturated heterocycles. The second-order valence-corrected chi connectivity index (χ2v) is 9.33. The van der Waals surface area contributed by atoms with Crippen LogP contribution in [0.3, 0.4) is 0 Å². The standard InChI is InChI=1S/C29H28N4O2S/c1-19-17-24(20(2)33(19)23-14-12-22(13-15-23)28(34)35-3)27-26(25-11-7-8-16-30-25)31-29(36)32(27)18-21-9-5-4-6-10-21/h4-17,26-27H,18H2,1-3H3,(H,31,36)/t26-,27-/m0/s1. The number of aryl methyl sites for hydroxylation is 1. The maximum Gasteiger partial charge on any atom is 0.337 e. The van der Waals surface area contributed by atoms with Gasteiger partial charge in [0.15, 0.2) is 5.11 Å². The van der Waals surface area contributed by atoms with Crippen molar-refractivity contribution in [2.24, 2.45) is 0 Å². The van der Waals surface area contributed by atoms with Gasteiger partial charge in [-0.2, -0.15) is 0 Å². The number of ether oxygens (including phenoxy) is 1. The first-order chi connectivity index (χ1) is 17.5. The van der Waals surface area contributed by atoms with Crippen LogP contribution in [0.15, 0.2) is 85.1 Å². The maximum absolute atomic E-state index is 11.9. The van der Waals surface area contributed by atoms with Crippen molar-refractivity contribution in [3.8, 4) is 5.69 Å². The number of carbonyl (C=O) groups excluding carboxylic acids is 1. The minimum absolute atomic E-state index is 0.0399. The van der Waals surface area contributed by atoms with Gasteiger partial charge in [-0.1, -0.05) is 36.4 Å². The zero-order valence-corrected chi connectivity index (χ0v) is 21.3. The highest BCUT2D eigenvalue weighted by molar-refractivity contribution is 7.80. The van der Waals surface area contributed by atoms with Crippen molar-refractivity contribution in [2.45, 2.75) is 32.5 Å². The molecular weight excluding hydrogens is 468 g/mol. The molecule has 5 rings (SSSR count). The average molecular weight is 497 g/mol. The highest BCUT2D eigenvalue weighted by atomic mass is 32.1. The van der Waals surface area contributed by atoms with Gasteiger partial charge in [-0.15, -0.1) is 0 Å². The van der Waals surface area contributed by atoms with Gasteiger partial charge in [-0.3, -0.25) is 4.98 Å². The number of methoxy groups -OCH3 is 1. The fraction of sp³-hybridized carbons (Fsp3) is 0.207. The van der Waals surface area contributed by atoms with Crippen LogP contribution in [0.1, 0.15) is 50.7 Å². The predicted molar refractivity (Wildman–Crippen MR) is 144 cm³/mol. The van der Waals surface area contributed by atoms with Crippen molar-refractivity contribution in [1.29, 1.82) is 0 Å². The van der Waals surface area contributed by atoms with E-state index in [9.17, 15) is 4.79 Å². The van der Waals surface area contributed by atoms with Gasteiger partial charge >= 0.3 is 5.97 Å². The van der Waals surface area contributed by atoms with Gasteiger partial charge in [-0.25, -0.2) is 4.79 Å². The zero-order chi connectivity index (χ0) is 25.2. The average Bonchev–Trinajstić information content (AvgIpc) is 3.39. The lowest BCUT2D eigenvalue weighted by atomic mass is 9.96. The number of thiocarbonyl (C=S) groups is 1. The normalized spacial score (nSPS) is 17.2. The van der Waals surface area contributed by atoms with Crippen LogP contribution in [0.5, 0.6) is 0 Å². The molecule has 1 aliphatic rings.